The molecule has 2 aromatic heterocycles. The first-order valence-corrected chi connectivity index (χ1v) is 11.6. The van der Waals surface area contributed by atoms with Crippen molar-refractivity contribution < 1.29 is 23.8 Å². The van der Waals surface area contributed by atoms with Crippen LogP contribution in [0.15, 0.2) is 36.7 Å². The SMILES string of the molecule is Cc1c(F)cccc1Nc1c(-c2ccncc2OC[C@@H]2CCCN2C(=O)O)[nH]c2c1C(=O)NCC2. The normalized spacial score (nSPS) is 17.1. The Bertz CT molecular complexity index is 1290. The number of hydrogen-bond acceptors (Lipinski definition) is 5. The predicted octanol–water partition coefficient (Wildman–Crippen LogP) is 4.07. The van der Waals surface area contributed by atoms with Crippen LogP contribution >= 0.6 is 0 Å². The Morgan fingerprint density at radius 2 is 2.23 bits per heavy atom. The number of carbonyl (C=O) groups excluding carboxylic acids is 1. The zero-order valence-corrected chi connectivity index (χ0v) is 19.2. The fourth-order valence-electron chi connectivity index (χ4n) is 4.73. The van der Waals surface area contributed by atoms with E-state index in [1.54, 1.807) is 37.5 Å². The summed E-state index contributed by atoms with van der Waals surface area (Å²) >= 11 is 0. The smallest absolute Gasteiger partial charge is 0.407 e. The summed E-state index contributed by atoms with van der Waals surface area (Å²) in [6.45, 7) is 2.87. The summed E-state index contributed by atoms with van der Waals surface area (Å²) in [6.07, 6.45) is 4.38. The van der Waals surface area contributed by atoms with Crippen LogP contribution in [0, 0.1) is 12.7 Å². The lowest BCUT2D eigenvalue weighted by Crippen LogP contribution is -2.38. The summed E-state index contributed by atoms with van der Waals surface area (Å²) in [5, 5.41) is 15.6. The molecule has 2 aliphatic heterocycles. The van der Waals surface area contributed by atoms with Crippen molar-refractivity contribution in [1.82, 2.24) is 20.2 Å². The standard InChI is InChI=1S/C25H26FN5O4/c1-14-17(26)5-2-6-18(14)29-23-21-19(8-10-28-24(21)32)30-22(23)16-7-9-27-12-20(16)35-13-15-4-3-11-31(15)25(33)34/h2,5-7,9,12,15,29-30H,3-4,8,10-11,13H2,1H3,(H,28,32)(H,33,34)/t15-/m0/s1. The van der Waals surface area contributed by atoms with Crippen molar-refractivity contribution in [2.75, 3.05) is 25.0 Å². The number of rotatable bonds is 6. The number of benzene rings is 1. The summed E-state index contributed by atoms with van der Waals surface area (Å²) in [5.74, 6) is -0.106. The Morgan fingerprint density at radius 1 is 1.37 bits per heavy atom. The monoisotopic (exact) mass is 479 g/mol. The molecule has 1 aromatic carbocycles. The van der Waals surface area contributed by atoms with Gasteiger partial charge in [0, 0.05) is 48.2 Å². The quantitative estimate of drug-likeness (QED) is 0.423. The Labute approximate surface area is 201 Å². The number of pyridine rings is 1. The van der Waals surface area contributed by atoms with Gasteiger partial charge in [0.15, 0.2) is 0 Å². The average Bonchev–Trinajstić information content (AvgIpc) is 3.46. The van der Waals surface area contributed by atoms with E-state index in [-0.39, 0.29) is 24.4 Å². The molecule has 0 aliphatic carbocycles. The number of anilines is 2. The van der Waals surface area contributed by atoms with Gasteiger partial charge in [0.1, 0.15) is 18.2 Å². The number of aromatic amines is 1. The number of nitrogens with one attached hydrogen (secondary N) is 3. The highest BCUT2D eigenvalue weighted by Gasteiger charge is 2.31. The number of H-pyrrole nitrogens is 1. The van der Waals surface area contributed by atoms with Gasteiger partial charge in [0.2, 0.25) is 0 Å². The molecule has 182 valence electrons. The summed E-state index contributed by atoms with van der Waals surface area (Å²) in [4.78, 5) is 33.3. The van der Waals surface area contributed by atoms with Crippen LogP contribution in [0.5, 0.6) is 5.75 Å². The molecule has 9 nitrogen and oxygen atoms in total. The molecule has 0 radical (unpaired) electrons. The highest BCUT2D eigenvalue weighted by Crippen LogP contribution is 2.41. The Balaban J connectivity index is 1.53. The lowest BCUT2D eigenvalue weighted by molar-refractivity contribution is 0.0946. The third-order valence-electron chi connectivity index (χ3n) is 6.60. The van der Waals surface area contributed by atoms with E-state index in [9.17, 15) is 19.1 Å². The van der Waals surface area contributed by atoms with Gasteiger partial charge in [-0.25, -0.2) is 9.18 Å². The van der Waals surface area contributed by atoms with Gasteiger partial charge in [-0.05, 0) is 38.0 Å². The lowest BCUT2D eigenvalue weighted by atomic mass is 10.0. The van der Waals surface area contributed by atoms with Crippen LogP contribution in [0.1, 0.15) is 34.5 Å². The third kappa shape index (κ3) is 4.27. The second-order valence-corrected chi connectivity index (χ2v) is 8.73. The van der Waals surface area contributed by atoms with E-state index in [1.807, 2.05) is 0 Å². The molecule has 10 heteroatoms. The first-order chi connectivity index (χ1) is 16.9. The van der Waals surface area contributed by atoms with Crippen LogP contribution in [0.3, 0.4) is 0 Å². The van der Waals surface area contributed by atoms with E-state index in [1.165, 1.54) is 11.0 Å². The summed E-state index contributed by atoms with van der Waals surface area (Å²) < 4.78 is 20.3. The largest absolute Gasteiger partial charge is 0.489 e. The van der Waals surface area contributed by atoms with Gasteiger partial charge >= 0.3 is 6.09 Å². The van der Waals surface area contributed by atoms with Gasteiger partial charge in [0.05, 0.1) is 29.2 Å². The number of aromatic nitrogens is 2. The van der Waals surface area contributed by atoms with E-state index in [4.69, 9.17) is 4.74 Å². The second-order valence-electron chi connectivity index (χ2n) is 8.73. The summed E-state index contributed by atoms with van der Waals surface area (Å²) in [7, 11) is 0. The van der Waals surface area contributed by atoms with Crippen LogP contribution in [-0.4, -0.2) is 57.7 Å². The van der Waals surface area contributed by atoms with Crippen LogP contribution in [-0.2, 0) is 6.42 Å². The van der Waals surface area contributed by atoms with Gasteiger partial charge in [0.25, 0.3) is 5.91 Å². The van der Waals surface area contributed by atoms with Crippen molar-refractivity contribution >= 4 is 23.4 Å². The minimum Gasteiger partial charge on any atom is -0.489 e. The molecule has 1 atom stereocenters. The molecule has 1 fully saturated rings. The fourth-order valence-corrected chi connectivity index (χ4v) is 4.73. The number of amides is 2. The summed E-state index contributed by atoms with van der Waals surface area (Å²) in [6, 6.07) is 6.29. The molecule has 4 heterocycles. The lowest BCUT2D eigenvalue weighted by Gasteiger charge is -2.22. The van der Waals surface area contributed by atoms with Gasteiger partial charge in [-0.2, -0.15) is 0 Å². The zero-order valence-electron chi connectivity index (χ0n) is 19.2. The van der Waals surface area contributed by atoms with Gasteiger partial charge < -0.3 is 30.4 Å². The van der Waals surface area contributed by atoms with Crippen LogP contribution in [0.4, 0.5) is 20.6 Å². The number of nitrogens with zero attached hydrogens (tertiary/aromatic N) is 2. The fraction of sp³-hybridized carbons (Fsp3) is 0.320. The molecule has 2 aliphatic rings. The number of fused-ring (bicyclic) bond motifs is 1. The van der Waals surface area contributed by atoms with Crippen molar-refractivity contribution in [3.63, 3.8) is 0 Å². The molecular weight excluding hydrogens is 453 g/mol. The minimum atomic E-state index is -0.956. The number of halogens is 1. The molecule has 0 saturated carbocycles. The first-order valence-electron chi connectivity index (χ1n) is 11.6. The van der Waals surface area contributed by atoms with Gasteiger partial charge in [-0.3, -0.25) is 9.78 Å². The van der Waals surface area contributed by atoms with E-state index in [0.29, 0.717) is 59.0 Å². The van der Waals surface area contributed by atoms with Crippen molar-refractivity contribution in [2.24, 2.45) is 0 Å². The van der Waals surface area contributed by atoms with Crippen molar-refractivity contribution in [3.8, 4) is 17.0 Å². The maximum atomic E-state index is 14.2. The van der Waals surface area contributed by atoms with Crippen molar-refractivity contribution in [2.45, 2.75) is 32.2 Å². The number of carbonyl (C=O) groups is 2. The zero-order chi connectivity index (χ0) is 24.5. The molecule has 0 spiro atoms. The van der Waals surface area contributed by atoms with Crippen LogP contribution < -0.4 is 15.4 Å². The molecule has 2 amide bonds. The number of likely N-dealkylation sites (tertiary alicyclic amines) is 1. The second kappa shape index (κ2) is 9.28. The van der Waals surface area contributed by atoms with Gasteiger partial charge in [-0.15, -0.1) is 0 Å². The Hall–Kier alpha value is -4.08. The Morgan fingerprint density at radius 3 is 3.06 bits per heavy atom. The number of ether oxygens (including phenoxy) is 1. The van der Waals surface area contributed by atoms with Gasteiger partial charge in [-0.1, -0.05) is 6.07 Å². The number of hydrogen-bond donors (Lipinski definition) is 4. The molecule has 3 aromatic rings. The molecule has 5 rings (SSSR count). The molecular formula is C25H26FN5O4. The van der Waals surface area contributed by atoms with Crippen molar-refractivity contribution in [3.05, 3.63) is 59.3 Å². The average molecular weight is 480 g/mol. The topological polar surface area (TPSA) is 120 Å². The van der Waals surface area contributed by atoms with E-state index in [0.717, 1.165) is 18.5 Å². The first kappa shape index (κ1) is 22.7. The van der Waals surface area contributed by atoms with Crippen LogP contribution in [0.2, 0.25) is 0 Å². The molecule has 0 bridgehead atoms. The molecule has 0 unspecified atom stereocenters. The maximum Gasteiger partial charge on any atom is 0.407 e. The molecule has 1 saturated heterocycles. The minimum absolute atomic E-state index is 0.192. The van der Waals surface area contributed by atoms with E-state index < -0.39 is 6.09 Å². The summed E-state index contributed by atoms with van der Waals surface area (Å²) in [5.41, 5.74) is 4.04. The highest BCUT2D eigenvalue weighted by atomic mass is 19.1. The Kier molecular flexibility index (Phi) is 6.02. The molecule has 4 N–H and O–H groups in total. The number of carboxylic acid groups (broad SMARTS) is 1. The third-order valence-corrected chi connectivity index (χ3v) is 6.60. The highest BCUT2D eigenvalue weighted by molar-refractivity contribution is 6.06. The molecule has 35 heavy (non-hydrogen) atoms. The van der Waals surface area contributed by atoms with E-state index in [2.05, 4.69) is 20.6 Å². The maximum absolute atomic E-state index is 14.2. The van der Waals surface area contributed by atoms with E-state index >= 15 is 0 Å². The predicted molar refractivity (Wildman–Crippen MR) is 128 cm³/mol. The van der Waals surface area contributed by atoms with Crippen LogP contribution in [0.25, 0.3) is 11.3 Å². The van der Waals surface area contributed by atoms with Crippen molar-refractivity contribution in [1.29, 1.82) is 0 Å².